The average molecular weight is 227 g/mol. The standard InChI is InChI=1S/C13H19ClO/c1-5-6-12(14)11-7-9(2)13(15-4)10(3)8-11/h7-8,12H,5-6H2,1-4H3. The number of ether oxygens (including phenoxy) is 1. The van der Waals surface area contributed by atoms with E-state index >= 15 is 0 Å². The van der Waals surface area contributed by atoms with Gasteiger partial charge in [-0.1, -0.05) is 25.5 Å². The summed E-state index contributed by atoms with van der Waals surface area (Å²) < 4.78 is 5.33. The maximum absolute atomic E-state index is 6.31. The van der Waals surface area contributed by atoms with E-state index in [0.717, 1.165) is 29.7 Å². The molecule has 0 aromatic heterocycles. The zero-order valence-electron chi connectivity index (χ0n) is 9.93. The summed E-state index contributed by atoms with van der Waals surface area (Å²) in [6.45, 7) is 6.27. The topological polar surface area (TPSA) is 9.23 Å². The minimum absolute atomic E-state index is 0.123. The van der Waals surface area contributed by atoms with Gasteiger partial charge in [0.05, 0.1) is 12.5 Å². The Bertz CT molecular complexity index is 310. The zero-order valence-corrected chi connectivity index (χ0v) is 10.7. The Morgan fingerprint density at radius 1 is 1.27 bits per heavy atom. The number of benzene rings is 1. The molecule has 1 aromatic carbocycles. The fourth-order valence-electron chi connectivity index (χ4n) is 1.91. The van der Waals surface area contributed by atoms with Gasteiger partial charge >= 0.3 is 0 Å². The highest BCUT2D eigenvalue weighted by Gasteiger charge is 2.11. The lowest BCUT2D eigenvalue weighted by Crippen LogP contribution is -1.96. The van der Waals surface area contributed by atoms with Crippen molar-refractivity contribution in [3.8, 4) is 5.75 Å². The van der Waals surface area contributed by atoms with Crippen molar-refractivity contribution in [3.05, 3.63) is 28.8 Å². The SMILES string of the molecule is CCCC(Cl)c1cc(C)c(OC)c(C)c1. The highest BCUT2D eigenvalue weighted by Crippen LogP contribution is 2.31. The molecule has 15 heavy (non-hydrogen) atoms. The molecule has 0 aliphatic heterocycles. The van der Waals surface area contributed by atoms with Gasteiger partial charge in [0.15, 0.2) is 0 Å². The Hall–Kier alpha value is -0.690. The van der Waals surface area contributed by atoms with Crippen molar-refractivity contribution in [2.75, 3.05) is 7.11 Å². The van der Waals surface area contributed by atoms with Crippen LogP contribution in [0.1, 0.15) is 41.8 Å². The Morgan fingerprint density at radius 3 is 2.20 bits per heavy atom. The first kappa shape index (κ1) is 12.4. The molecule has 0 heterocycles. The monoisotopic (exact) mass is 226 g/mol. The summed E-state index contributed by atoms with van der Waals surface area (Å²) >= 11 is 6.31. The first-order chi connectivity index (χ1) is 7.10. The molecule has 0 bridgehead atoms. The van der Waals surface area contributed by atoms with Gasteiger partial charge in [-0.3, -0.25) is 0 Å². The van der Waals surface area contributed by atoms with Crippen LogP contribution in [0.4, 0.5) is 0 Å². The predicted octanol–water partition coefficient (Wildman–Crippen LogP) is 4.39. The van der Waals surface area contributed by atoms with Crippen molar-refractivity contribution in [1.29, 1.82) is 0 Å². The molecule has 0 fully saturated rings. The molecule has 0 aliphatic rings. The van der Waals surface area contributed by atoms with Gasteiger partial charge in [-0.2, -0.15) is 0 Å². The van der Waals surface area contributed by atoms with E-state index in [1.165, 1.54) is 5.56 Å². The number of halogens is 1. The molecular weight excluding hydrogens is 208 g/mol. The molecule has 1 nitrogen and oxygen atoms in total. The Morgan fingerprint density at radius 2 is 1.80 bits per heavy atom. The minimum atomic E-state index is 0.123. The molecule has 2 heteroatoms. The third-order valence-electron chi connectivity index (χ3n) is 2.59. The molecule has 0 spiro atoms. The summed E-state index contributed by atoms with van der Waals surface area (Å²) in [5.41, 5.74) is 3.53. The van der Waals surface area contributed by atoms with Crippen molar-refractivity contribution in [3.63, 3.8) is 0 Å². The first-order valence-electron chi connectivity index (χ1n) is 5.39. The van der Waals surface area contributed by atoms with Crippen molar-refractivity contribution in [2.24, 2.45) is 0 Å². The molecule has 84 valence electrons. The van der Waals surface area contributed by atoms with Crippen molar-refractivity contribution >= 4 is 11.6 Å². The van der Waals surface area contributed by atoms with Crippen LogP contribution in [0.3, 0.4) is 0 Å². The smallest absolute Gasteiger partial charge is 0.124 e. The highest BCUT2D eigenvalue weighted by molar-refractivity contribution is 6.20. The fourth-order valence-corrected chi connectivity index (χ4v) is 2.25. The van der Waals surface area contributed by atoms with Crippen LogP contribution in [0.5, 0.6) is 5.75 Å². The summed E-state index contributed by atoms with van der Waals surface area (Å²) in [6.07, 6.45) is 2.13. The molecular formula is C13H19ClO. The molecule has 1 unspecified atom stereocenters. The number of rotatable bonds is 4. The van der Waals surface area contributed by atoms with E-state index in [1.54, 1.807) is 7.11 Å². The van der Waals surface area contributed by atoms with Crippen LogP contribution in [-0.4, -0.2) is 7.11 Å². The van der Waals surface area contributed by atoms with Gasteiger partial charge in [0.2, 0.25) is 0 Å². The van der Waals surface area contributed by atoms with Crippen molar-refractivity contribution in [1.82, 2.24) is 0 Å². The van der Waals surface area contributed by atoms with E-state index in [0.29, 0.717) is 0 Å². The van der Waals surface area contributed by atoms with Crippen LogP contribution in [-0.2, 0) is 0 Å². The summed E-state index contributed by atoms with van der Waals surface area (Å²) in [5.74, 6) is 0.971. The van der Waals surface area contributed by atoms with Gasteiger partial charge in [-0.05, 0) is 37.0 Å². The van der Waals surface area contributed by atoms with E-state index < -0.39 is 0 Å². The molecule has 0 amide bonds. The molecule has 0 saturated heterocycles. The fraction of sp³-hybridized carbons (Fsp3) is 0.538. The molecule has 0 radical (unpaired) electrons. The van der Waals surface area contributed by atoms with Gasteiger partial charge < -0.3 is 4.74 Å². The van der Waals surface area contributed by atoms with Gasteiger partial charge in [0, 0.05) is 0 Å². The quantitative estimate of drug-likeness (QED) is 0.692. The molecule has 1 aromatic rings. The second kappa shape index (κ2) is 5.41. The van der Waals surface area contributed by atoms with Crippen LogP contribution in [0.25, 0.3) is 0 Å². The zero-order chi connectivity index (χ0) is 11.4. The van der Waals surface area contributed by atoms with E-state index in [4.69, 9.17) is 16.3 Å². The Labute approximate surface area is 97.4 Å². The van der Waals surface area contributed by atoms with Gasteiger partial charge in [-0.25, -0.2) is 0 Å². The molecule has 0 aliphatic carbocycles. The number of hydrogen-bond acceptors (Lipinski definition) is 1. The normalized spacial score (nSPS) is 12.6. The summed E-state index contributed by atoms with van der Waals surface area (Å²) in [6, 6.07) is 4.25. The minimum Gasteiger partial charge on any atom is -0.496 e. The number of aryl methyl sites for hydroxylation is 2. The second-order valence-corrected chi connectivity index (χ2v) is 4.47. The first-order valence-corrected chi connectivity index (χ1v) is 5.83. The largest absolute Gasteiger partial charge is 0.496 e. The van der Waals surface area contributed by atoms with E-state index in [1.807, 2.05) is 0 Å². The summed E-state index contributed by atoms with van der Waals surface area (Å²) in [4.78, 5) is 0. The lowest BCUT2D eigenvalue weighted by atomic mass is 10.0. The van der Waals surface area contributed by atoms with E-state index in [9.17, 15) is 0 Å². The number of methoxy groups -OCH3 is 1. The van der Waals surface area contributed by atoms with Crippen LogP contribution < -0.4 is 4.74 Å². The maximum atomic E-state index is 6.31. The van der Waals surface area contributed by atoms with Crippen LogP contribution in [0.15, 0.2) is 12.1 Å². The van der Waals surface area contributed by atoms with E-state index in [-0.39, 0.29) is 5.38 Å². The number of hydrogen-bond donors (Lipinski definition) is 0. The molecule has 0 saturated carbocycles. The second-order valence-electron chi connectivity index (χ2n) is 3.94. The molecule has 1 atom stereocenters. The third-order valence-corrected chi connectivity index (χ3v) is 3.06. The van der Waals surface area contributed by atoms with Crippen LogP contribution >= 0.6 is 11.6 Å². The van der Waals surface area contributed by atoms with Crippen molar-refractivity contribution < 1.29 is 4.74 Å². The number of alkyl halides is 1. The Kier molecular flexibility index (Phi) is 4.46. The predicted molar refractivity (Wildman–Crippen MR) is 66.0 cm³/mol. The van der Waals surface area contributed by atoms with Crippen LogP contribution in [0.2, 0.25) is 0 Å². The van der Waals surface area contributed by atoms with Gasteiger partial charge in [0.25, 0.3) is 0 Å². The average Bonchev–Trinajstić information content (AvgIpc) is 2.17. The van der Waals surface area contributed by atoms with E-state index in [2.05, 4.69) is 32.9 Å². The van der Waals surface area contributed by atoms with Crippen LogP contribution in [0, 0.1) is 13.8 Å². The summed E-state index contributed by atoms with van der Waals surface area (Å²) in [5, 5.41) is 0.123. The maximum Gasteiger partial charge on any atom is 0.124 e. The van der Waals surface area contributed by atoms with Gasteiger partial charge in [-0.15, -0.1) is 11.6 Å². The Balaban J connectivity index is 3.02. The molecule has 0 N–H and O–H groups in total. The van der Waals surface area contributed by atoms with Gasteiger partial charge in [0.1, 0.15) is 5.75 Å². The third kappa shape index (κ3) is 2.88. The highest BCUT2D eigenvalue weighted by atomic mass is 35.5. The van der Waals surface area contributed by atoms with Crippen molar-refractivity contribution in [2.45, 2.75) is 39.0 Å². The molecule has 1 rings (SSSR count). The lowest BCUT2D eigenvalue weighted by molar-refractivity contribution is 0.408. The lowest BCUT2D eigenvalue weighted by Gasteiger charge is -2.14. The summed E-state index contributed by atoms with van der Waals surface area (Å²) in [7, 11) is 1.71.